The lowest BCUT2D eigenvalue weighted by atomic mass is 10.1. The monoisotopic (exact) mass is 343 g/mol. The number of carbonyl (C=O) groups is 1. The number of carbonyl (C=O) groups excluding carboxylic acids is 1. The fourth-order valence-electron chi connectivity index (χ4n) is 3.28. The van der Waals surface area contributed by atoms with E-state index in [1.807, 2.05) is 42.5 Å². The van der Waals surface area contributed by atoms with E-state index in [-0.39, 0.29) is 29.9 Å². The molecule has 2 heterocycles. The van der Waals surface area contributed by atoms with Gasteiger partial charge in [0, 0.05) is 11.4 Å². The number of rotatable bonds is 3. The zero-order valence-corrected chi connectivity index (χ0v) is 13.8. The lowest BCUT2D eigenvalue weighted by Crippen LogP contribution is -2.36. The number of hydrogen-bond donors (Lipinski definition) is 1. The second-order valence-electron chi connectivity index (χ2n) is 6.26. The lowest BCUT2D eigenvalue weighted by molar-refractivity contribution is -0.121. The van der Waals surface area contributed by atoms with E-state index in [0.717, 1.165) is 21.7 Å². The quantitative estimate of drug-likeness (QED) is 0.792. The van der Waals surface area contributed by atoms with E-state index in [0.29, 0.717) is 12.2 Å². The first kappa shape index (κ1) is 15.2. The Kier molecular flexibility index (Phi) is 3.57. The summed E-state index contributed by atoms with van der Waals surface area (Å²) in [5.41, 5.74) is 0.750. The number of hydrogen-bond acceptors (Lipinski definition) is 4. The van der Waals surface area contributed by atoms with Crippen molar-refractivity contribution in [3.63, 3.8) is 0 Å². The fourth-order valence-corrected chi connectivity index (χ4v) is 4.95. The molecule has 3 aromatic rings. The topological polar surface area (TPSA) is 76.4 Å². The molecule has 0 aliphatic carbocycles. The first-order valence-corrected chi connectivity index (χ1v) is 9.72. The lowest BCUT2D eigenvalue weighted by Gasteiger charge is -2.09. The van der Waals surface area contributed by atoms with Crippen molar-refractivity contribution in [2.75, 3.05) is 11.5 Å². The first-order chi connectivity index (χ1) is 11.5. The minimum Gasteiger partial charge on any atom is -0.461 e. The maximum atomic E-state index is 12.2. The van der Waals surface area contributed by atoms with E-state index >= 15 is 0 Å². The summed E-state index contributed by atoms with van der Waals surface area (Å²) < 4.78 is 28.7. The van der Waals surface area contributed by atoms with Crippen LogP contribution in [0, 0.1) is 0 Å². The Labute approximate surface area is 139 Å². The van der Waals surface area contributed by atoms with Crippen molar-refractivity contribution in [2.24, 2.45) is 0 Å². The maximum absolute atomic E-state index is 12.2. The van der Waals surface area contributed by atoms with E-state index in [1.54, 1.807) is 0 Å². The summed E-state index contributed by atoms with van der Waals surface area (Å²) in [6, 6.07) is 13.5. The third-order valence-electron chi connectivity index (χ3n) is 4.41. The predicted molar refractivity (Wildman–Crippen MR) is 92.6 cm³/mol. The highest BCUT2D eigenvalue weighted by Gasteiger charge is 2.29. The normalized spacial score (nSPS) is 19.8. The molecule has 4 rings (SSSR count). The third-order valence-corrected chi connectivity index (χ3v) is 6.18. The van der Waals surface area contributed by atoms with Gasteiger partial charge in [0.2, 0.25) is 5.91 Å². The van der Waals surface area contributed by atoms with Crippen LogP contribution in [0.3, 0.4) is 0 Å². The third kappa shape index (κ3) is 2.89. The molecule has 0 spiro atoms. The zero-order chi connectivity index (χ0) is 16.7. The van der Waals surface area contributed by atoms with Gasteiger partial charge >= 0.3 is 0 Å². The molecule has 1 aliphatic heterocycles. The van der Waals surface area contributed by atoms with Gasteiger partial charge in [-0.1, -0.05) is 30.3 Å². The second kappa shape index (κ2) is 5.63. The van der Waals surface area contributed by atoms with Crippen LogP contribution in [0.25, 0.3) is 21.7 Å². The van der Waals surface area contributed by atoms with Crippen LogP contribution < -0.4 is 5.32 Å². The Hall–Kier alpha value is -2.34. The van der Waals surface area contributed by atoms with Crippen LogP contribution in [0.15, 0.2) is 46.9 Å². The van der Waals surface area contributed by atoms with Crippen LogP contribution in [0.1, 0.15) is 12.2 Å². The molecule has 1 saturated heterocycles. The van der Waals surface area contributed by atoms with Gasteiger partial charge in [0.15, 0.2) is 9.84 Å². The Morgan fingerprint density at radius 3 is 2.79 bits per heavy atom. The number of sulfone groups is 1. The number of nitrogens with one attached hydrogen (secondary N) is 1. The van der Waals surface area contributed by atoms with E-state index in [9.17, 15) is 13.2 Å². The summed E-state index contributed by atoms with van der Waals surface area (Å²) in [5, 5.41) is 5.99. The molecule has 1 aromatic heterocycles. The van der Waals surface area contributed by atoms with Crippen molar-refractivity contribution in [1.29, 1.82) is 0 Å². The maximum Gasteiger partial charge on any atom is 0.227 e. The van der Waals surface area contributed by atoms with Gasteiger partial charge in [0.25, 0.3) is 0 Å². The highest BCUT2D eigenvalue weighted by Crippen LogP contribution is 2.28. The molecule has 2 aromatic carbocycles. The Bertz CT molecular complexity index is 1040. The molecular formula is C18H17NO4S. The molecule has 1 amide bonds. The van der Waals surface area contributed by atoms with Crippen LogP contribution in [-0.2, 0) is 21.1 Å². The van der Waals surface area contributed by atoms with Crippen LogP contribution in [0.4, 0.5) is 0 Å². The largest absolute Gasteiger partial charge is 0.461 e. The van der Waals surface area contributed by atoms with Crippen LogP contribution in [0.2, 0.25) is 0 Å². The van der Waals surface area contributed by atoms with Crippen LogP contribution in [-0.4, -0.2) is 31.9 Å². The van der Waals surface area contributed by atoms with E-state index in [2.05, 4.69) is 5.32 Å². The van der Waals surface area contributed by atoms with Gasteiger partial charge in [0.05, 0.1) is 17.9 Å². The van der Waals surface area contributed by atoms with Crippen molar-refractivity contribution < 1.29 is 17.6 Å². The molecule has 1 N–H and O–H groups in total. The number of benzene rings is 2. The summed E-state index contributed by atoms with van der Waals surface area (Å²) in [7, 11) is -3.00. The minimum absolute atomic E-state index is 0.0313. The molecule has 0 bridgehead atoms. The fraction of sp³-hybridized carbons (Fsp3) is 0.278. The molecule has 1 atom stereocenters. The van der Waals surface area contributed by atoms with Crippen molar-refractivity contribution in [2.45, 2.75) is 18.9 Å². The van der Waals surface area contributed by atoms with Gasteiger partial charge in [-0.3, -0.25) is 4.79 Å². The summed E-state index contributed by atoms with van der Waals surface area (Å²) in [4.78, 5) is 12.2. The number of amides is 1. The number of fused-ring (bicyclic) bond motifs is 3. The molecule has 0 saturated carbocycles. The molecule has 5 nitrogen and oxygen atoms in total. The van der Waals surface area contributed by atoms with Crippen molar-refractivity contribution >= 4 is 37.5 Å². The van der Waals surface area contributed by atoms with E-state index < -0.39 is 9.84 Å². The summed E-state index contributed by atoms with van der Waals surface area (Å²) in [6.07, 6.45) is 0.596. The molecule has 1 fully saturated rings. The van der Waals surface area contributed by atoms with Crippen molar-refractivity contribution in [1.82, 2.24) is 5.32 Å². The van der Waals surface area contributed by atoms with Crippen LogP contribution >= 0.6 is 0 Å². The molecule has 24 heavy (non-hydrogen) atoms. The molecule has 0 unspecified atom stereocenters. The first-order valence-electron chi connectivity index (χ1n) is 7.90. The van der Waals surface area contributed by atoms with Crippen molar-refractivity contribution in [3.8, 4) is 0 Å². The summed E-state index contributed by atoms with van der Waals surface area (Å²) >= 11 is 0. The smallest absolute Gasteiger partial charge is 0.227 e. The molecule has 124 valence electrons. The number of furan rings is 1. The Morgan fingerprint density at radius 2 is 2.00 bits per heavy atom. The minimum atomic E-state index is -3.00. The predicted octanol–water partition coefficient (Wildman–Crippen LogP) is 2.43. The highest BCUT2D eigenvalue weighted by atomic mass is 32.2. The highest BCUT2D eigenvalue weighted by molar-refractivity contribution is 7.91. The van der Waals surface area contributed by atoms with Gasteiger partial charge < -0.3 is 9.73 Å². The Morgan fingerprint density at radius 1 is 1.17 bits per heavy atom. The van der Waals surface area contributed by atoms with Gasteiger partial charge in [-0.05, 0) is 29.3 Å². The standard InChI is InChI=1S/C18H17NO4S/c20-18(19-13-7-8-24(21,22)11-13)10-14-9-16-15-4-2-1-3-12(15)5-6-17(16)23-14/h1-6,9,13H,7-8,10-11H2,(H,19,20)/t13-/m1/s1. The van der Waals surface area contributed by atoms with Gasteiger partial charge in [0.1, 0.15) is 11.3 Å². The van der Waals surface area contributed by atoms with Gasteiger partial charge in [-0.15, -0.1) is 0 Å². The van der Waals surface area contributed by atoms with E-state index in [4.69, 9.17) is 4.42 Å². The van der Waals surface area contributed by atoms with Crippen LogP contribution in [0.5, 0.6) is 0 Å². The zero-order valence-electron chi connectivity index (χ0n) is 13.0. The van der Waals surface area contributed by atoms with E-state index in [1.165, 1.54) is 0 Å². The molecular weight excluding hydrogens is 326 g/mol. The molecule has 0 radical (unpaired) electrons. The van der Waals surface area contributed by atoms with Gasteiger partial charge in [-0.2, -0.15) is 0 Å². The summed E-state index contributed by atoms with van der Waals surface area (Å²) in [5.74, 6) is 0.554. The molecule has 6 heteroatoms. The van der Waals surface area contributed by atoms with Gasteiger partial charge in [-0.25, -0.2) is 8.42 Å². The SMILES string of the molecule is O=C(Cc1cc2c(ccc3ccccc32)o1)N[C@@H]1CCS(=O)(=O)C1. The average Bonchev–Trinajstić information content (AvgIpc) is 3.09. The Balaban J connectivity index is 1.54. The van der Waals surface area contributed by atoms with Crippen molar-refractivity contribution in [3.05, 3.63) is 48.2 Å². The average molecular weight is 343 g/mol. The second-order valence-corrected chi connectivity index (χ2v) is 8.48. The molecule has 1 aliphatic rings. The summed E-state index contributed by atoms with van der Waals surface area (Å²) in [6.45, 7) is 0.